The summed E-state index contributed by atoms with van der Waals surface area (Å²) in [4.78, 5) is 18.2. The summed E-state index contributed by atoms with van der Waals surface area (Å²) in [6.45, 7) is 4.46. The third kappa shape index (κ3) is 3.14. The zero-order valence-corrected chi connectivity index (χ0v) is 12.6. The Bertz CT molecular complexity index is 628. The summed E-state index contributed by atoms with van der Waals surface area (Å²) in [5, 5.41) is 8.26. The monoisotopic (exact) mass is 301 g/mol. The summed E-state index contributed by atoms with van der Waals surface area (Å²) < 4.78 is 7.17. The van der Waals surface area contributed by atoms with Gasteiger partial charge in [0, 0.05) is 37.7 Å². The van der Waals surface area contributed by atoms with E-state index in [-0.39, 0.29) is 11.9 Å². The average molecular weight is 301 g/mol. The number of nitrogens with zero attached hydrogens (tertiary/aromatic N) is 5. The first-order valence-corrected chi connectivity index (χ1v) is 7.45. The zero-order chi connectivity index (χ0) is 15.4. The number of carbonyl (C=O) groups is 1. The Hall–Kier alpha value is -2.28. The van der Waals surface area contributed by atoms with Crippen LogP contribution in [0.15, 0.2) is 30.7 Å². The van der Waals surface area contributed by atoms with Gasteiger partial charge in [0.2, 0.25) is 0 Å². The van der Waals surface area contributed by atoms with E-state index in [1.54, 1.807) is 24.5 Å². The molecule has 7 heteroatoms. The molecule has 0 N–H and O–H groups in total. The first-order valence-electron chi connectivity index (χ1n) is 7.45. The quantitative estimate of drug-likeness (QED) is 0.832. The Kier molecular flexibility index (Phi) is 4.43. The van der Waals surface area contributed by atoms with Crippen LogP contribution in [-0.4, -0.2) is 50.5 Å². The molecule has 1 atom stereocenters. The van der Waals surface area contributed by atoms with E-state index < -0.39 is 0 Å². The fourth-order valence-corrected chi connectivity index (χ4v) is 2.58. The van der Waals surface area contributed by atoms with Crippen molar-refractivity contribution in [3.8, 4) is 0 Å². The maximum Gasteiger partial charge on any atom is 0.254 e. The molecule has 7 nitrogen and oxygen atoms in total. The molecule has 116 valence electrons. The topological polar surface area (TPSA) is 73.1 Å². The maximum absolute atomic E-state index is 12.4. The summed E-state index contributed by atoms with van der Waals surface area (Å²) in [6.07, 6.45) is 6.06. The van der Waals surface area contributed by atoms with E-state index in [2.05, 4.69) is 15.3 Å². The molecule has 22 heavy (non-hydrogen) atoms. The third-order valence-electron chi connectivity index (χ3n) is 3.76. The van der Waals surface area contributed by atoms with Crippen LogP contribution in [0.1, 0.15) is 35.4 Å². The molecule has 3 heterocycles. The van der Waals surface area contributed by atoms with Gasteiger partial charge in [-0.05, 0) is 25.5 Å². The predicted molar refractivity (Wildman–Crippen MR) is 79.1 cm³/mol. The van der Waals surface area contributed by atoms with Crippen LogP contribution in [0.3, 0.4) is 0 Å². The fraction of sp³-hybridized carbons (Fsp3) is 0.467. The van der Waals surface area contributed by atoms with Crippen molar-refractivity contribution in [1.29, 1.82) is 0 Å². The molecule has 0 bridgehead atoms. The lowest BCUT2D eigenvalue weighted by atomic mass is 10.2. The van der Waals surface area contributed by atoms with Gasteiger partial charge >= 0.3 is 0 Å². The SMILES string of the molecule is CCOCc1cn(C2CCN(C(=O)c3ccncc3)C2)nn1. The highest BCUT2D eigenvalue weighted by atomic mass is 16.5. The normalized spacial score (nSPS) is 17.9. The number of amides is 1. The highest BCUT2D eigenvalue weighted by molar-refractivity contribution is 5.94. The molecule has 0 aromatic carbocycles. The van der Waals surface area contributed by atoms with Gasteiger partial charge in [-0.2, -0.15) is 0 Å². The molecular weight excluding hydrogens is 282 g/mol. The summed E-state index contributed by atoms with van der Waals surface area (Å²) in [6, 6.07) is 3.66. The van der Waals surface area contributed by atoms with Crippen molar-refractivity contribution >= 4 is 5.91 Å². The molecule has 3 rings (SSSR count). The molecule has 0 aliphatic carbocycles. The molecule has 0 saturated carbocycles. The highest BCUT2D eigenvalue weighted by Crippen LogP contribution is 2.22. The Morgan fingerprint density at radius 2 is 2.23 bits per heavy atom. The Morgan fingerprint density at radius 1 is 1.41 bits per heavy atom. The van der Waals surface area contributed by atoms with Crippen molar-refractivity contribution < 1.29 is 9.53 Å². The Morgan fingerprint density at radius 3 is 3.00 bits per heavy atom. The molecule has 1 aliphatic heterocycles. The van der Waals surface area contributed by atoms with Gasteiger partial charge in [0.05, 0.1) is 18.8 Å². The van der Waals surface area contributed by atoms with Crippen molar-refractivity contribution in [3.05, 3.63) is 42.0 Å². The molecule has 2 aromatic rings. The van der Waals surface area contributed by atoms with E-state index in [0.717, 1.165) is 18.7 Å². The van der Waals surface area contributed by atoms with Crippen molar-refractivity contribution in [2.24, 2.45) is 0 Å². The van der Waals surface area contributed by atoms with Crippen LogP contribution in [0, 0.1) is 0 Å². The second-order valence-corrected chi connectivity index (χ2v) is 5.26. The van der Waals surface area contributed by atoms with Crippen LogP contribution >= 0.6 is 0 Å². The van der Waals surface area contributed by atoms with Crippen molar-refractivity contribution in [1.82, 2.24) is 24.9 Å². The summed E-state index contributed by atoms with van der Waals surface area (Å²) in [5.41, 5.74) is 1.49. The number of ether oxygens (including phenoxy) is 1. The number of carbonyl (C=O) groups excluding carboxylic acids is 1. The fourth-order valence-electron chi connectivity index (χ4n) is 2.58. The van der Waals surface area contributed by atoms with Gasteiger partial charge in [-0.1, -0.05) is 5.21 Å². The number of likely N-dealkylation sites (tertiary alicyclic amines) is 1. The molecule has 1 unspecified atom stereocenters. The van der Waals surface area contributed by atoms with Gasteiger partial charge in [0.1, 0.15) is 5.69 Å². The number of hydrogen-bond acceptors (Lipinski definition) is 5. The van der Waals surface area contributed by atoms with Crippen LogP contribution in [0.5, 0.6) is 0 Å². The van der Waals surface area contributed by atoms with Crippen LogP contribution in [0.4, 0.5) is 0 Å². The first-order chi connectivity index (χ1) is 10.8. The molecule has 0 radical (unpaired) electrons. The van der Waals surface area contributed by atoms with E-state index >= 15 is 0 Å². The summed E-state index contributed by atoms with van der Waals surface area (Å²) >= 11 is 0. The van der Waals surface area contributed by atoms with Crippen molar-refractivity contribution in [2.45, 2.75) is 26.0 Å². The van der Waals surface area contributed by atoms with Crippen LogP contribution in [0.2, 0.25) is 0 Å². The lowest BCUT2D eigenvalue weighted by molar-refractivity contribution is 0.0787. The third-order valence-corrected chi connectivity index (χ3v) is 3.76. The minimum atomic E-state index is 0.0413. The van der Waals surface area contributed by atoms with E-state index in [4.69, 9.17) is 4.74 Å². The molecule has 1 aliphatic rings. The molecular formula is C15H19N5O2. The van der Waals surface area contributed by atoms with Gasteiger partial charge in [0.15, 0.2) is 0 Å². The number of hydrogen-bond donors (Lipinski definition) is 0. The van der Waals surface area contributed by atoms with Crippen LogP contribution < -0.4 is 0 Å². The van der Waals surface area contributed by atoms with Crippen molar-refractivity contribution in [2.75, 3.05) is 19.7 Å². The van der Waals surface area contributed by atoms with Gasteiger partial charge in [0.25, 0.3) is 5.91 Å². The molecule has 1 amide bonds. The standard InChI is InChI=1S/C15H19N5O2/c1-2-22-11-13-9-20(18-17-13)14-5-8-19(10-14)15(21)12-3-6-16-7-4-12/h3-4,6-7,9,14H,2,5,8,10-11H2,1H3. The zero-order valence-electron chi connectivity index (χ0n) is 12.6. The molecule has 1 saturated heterocycles. The lowest BCUT2D eigenvalue weighted by Crippen LogP contribution is -2.29. The van der Waals surface area contributed by atoms with Gasteiger partial charge in [-0.3, -0.25) is 9.78 Å². The van der Waals surface area contributed by atoms with Gasteiger partial charge < -0.3 is 9.64 Å². The average Bonchev–Trinajstić information content (AvgIpc) is 3.22. The largest absolute Gasteiger partial charge is 0.375 e. The van der Waals surface area contributed by atoms with E-state index in [1.165, 1.54) is 0 Å². The van der Waals surface area contributed by atoms with Gasteiger partial charge in [-0.15, -0.1) is 5.10 Å². The van der Waals surface area contributed by atoms with E-state index in [0.29, 0.717) is 25.3 Å². The van der Waals surface area contributed by atoms with E-state index in [9.17, 15) is 4.79 Å². The Balaban J connectivity index is 1.62. The lowest BCUT2D eigenvalue weighted by Gasteiger charge is -2.16. The van der Waals surface area contributed by atoms with Crippen LogP contribution in [-0.2, 0) is 11.3 Å². The summed E-state index contributed by atoms with van der Waals surface area (Å²) in [7, 11) is 0. The summed E-state index contributed by atoms with van der Waals surface area (Å²) in [5.74, 6) is 0.0413. The van der Waals surface area contributed by atoms with Gasteiger partial charge in [-0.25, -0.2) is 4.68 Å². The molecule has 1 fully saturated rings. The minimum absolute atomic E-state index is 0.0413. The predicted octanol–water partition coefficient (Wildman–Crippen LogP) is 1.30. The first kappa shape index (κ1) is 14.6. The Labute approximate surface area is 128 Å². The highest BCUT2D eigenvalue weighted by Gasteiger charge is 2.28. The van der Waals surface area contributed by atoms with E-state index in [1.807, 2.05) is 22.7 Å². The minimum Gasteiger partial charge on any atom is -0.375 e. The van der Waals surface area contributed by atoms with Crippen LogP contribution in [0.25, 0.3) is 0 Å². The second-order valence-electron chi connectivity index (χ2n) is 5.26. The molecule has 2 aromatic heterocycles. The molecule has 0 spiro atoms. The second kappa shape index (κ2) is 6.65. The number of rotatable bonds is 5. The smallest absolute Gasteiger partial charge is 0.254 e. The number of pyridine rings is 1. The van der Waals surface area contributed by atoms with Crippen molar-refractivity contribution in [3.63, 3.8) is 0 Å². The maximum atomic E-state index is 12.4. The number of aromatic nitrogens is 4.